The average Bonchev–Trinajstić information content (AvgIpc) is 2.76. The van der Waals surface area contributed by atoms with Crippen LogP contribution >= 0.6 is 24.0 Å². The van der Waals surface area contributed by atoms with Crippen LogP contribution in [0.2, 0.25) is 0 Å². The number of halogens is 5. The zero-order valence-electron chi connectivity index (χ0n) is 17.7. The first kappa shape index (κ1) is 26.2. The summed E-state index contributed by atoms with van der Waals surface area (Å²) >= 11 is 0. The molecule has 0 unspecified atom stereocenters. The average molecular weight is 566 g/mol. The van der Waals surface area contributed by atoms with Gasteiger partial charge in [-0.05, 0) is 42.7 Å². The predicted octanol–water partition coefficient (Wildman–Crippen LogP) is 4.07. The number of nitrogens with one attached hydrogen (secondary N) is 2. The summed E-state index contributed by atoms with van der Waals surface area (Å²) in [5, 5.41) is 6.49. The van der Waals surface area contributed by atoms with Crippen molar-refractivity contribution in [3.63, 3.8) is 0 Å². The fraction of sp³-hybridized carbons (Fsp3) is 0.409. The number of nitrogens with zero attached hydrogens (tertiary/aromatic N) is 2. The van der Waals surface area contributed by atoms with Gasteiger partial charge in [0.25, 0.3) is 0 Å². The predicted molar refractivity (Wildman–Crippen MR) is 126 cm³/mol. The van der Waals surface area contributed by atoms with E-state index in [2.05, 4.69) is 20.5 Å². The van der Waals surface area contributed by atoms with E-state index in [9.17, 15) is 17.6 Å². The molecule has 1 aliphatic rings. The van der Waals surface area contributed by atoms with Crippen molar-refractivity contribution in [2.75, 3.05) is 33.3 Å². The fourth-order valence-corrected chi connectivity index (χ4v) is 3.42. The third-order valence-electron chi connectivity index (χ3n) is 5.10. The van der Waals surface area contributed by atoms with Crippen molar-refractivity contribution in [2.45, 2.75) is 25.4 Å². The molecule has 0 atom stereocenters. The number of hydrogen-bond acceptors (Lipinski definition) is 3. The van der Waals surface area contributed by atoms with Crippen molar-refractivity contribution >= 4 is 29.9 Å². The van der Waals surface area contributed by atoms with Gasteiger partial charge in [0.15, 0.2) is 29.2 Å². The molecule has 0 bridgehead atoms. The standard InChI is InChI=1S/C22H26F4N4O.HI/c1-27-22(28-8-11-31-17-3-5-19(24)21(26)13-17)29-16-6-9-30(10-7-16)14-15-2-4-18(23)20(25)12-15;/h2-5,12-13,16H,6-11,14H2,1H3,(H2,27,28,29);1H. The zero-order chi connectivity index (χ0) is 22.2. The van der Waals surface area contributed by atoms with Gasteiger partial charge >= 0.3 is 0 Å². The fourth-order valence-electron chi connectivity index (χ4n) is 3.42. The Labute approximate surface area is 202 Å². The van der Waals surface area contributed by atoms with Crippen LogP contribution in [0.4, 0.5) is 17.6 Å². The molecule has 0 spiro atoms. The number of aliphatic imine (C=N–C) groups is 1. The molecule has 0 aromatic heterocycles. The minimum absolute atomic E-state index is 0. The van der Waals surface area contributed by atoms with Crippen molar-refractivity contribution in [1.29, 1.82) is 0 Å². The molecule has 2 aromatic carbocycles. The monoisotopic (exact) mass is 566 g/mol. The summed E-state index contributed by atoms with van der Waals surface area (Å²) in [4.78, 5) is 6.40. The lowest BCUT2D eigenvalue weighted by atomic mass is 10.0. The van der Waals surface area contributed by atoms with E-state index in [1.807, 2.05) is 0 Å². The topological polar surface area (TPSA) is 48.9 Å². The number of piperidine rings is 1. The van der Waals surface area contributed by atoms with E-state index in [-0.39, 0.29) is 42.4 Å². The summed E-state index contributed by atoms with van der Waals surface area (Å²) in [7, 11) is 1.67. The molecular weight excluding hydrogens is 539 g/mol. The maximum atomic E-state index is 13.4. The quantitative estimate of drug-likeness (QED) is 0.175. The molecule has 32 heavy (non-hydrogen) atoms. The van der Waals surface area contributed by atoms with Crippen molar-refractivity contribution in [2.24, 2.45) is 4.99 Å². The van der Waals surface area contributed by atoms with Crippen molar-refractivity contribution in [3.05, 3.63) is 65.2 Å². The van der Waals surface area contributed by atoms with Gasteiger partial charge in [0.2, 0.25) is 0 Å². The minimum atomic E-state index is -0.946. The van der Waals surface area contributed by atoms with Crippen LogP contribution in [0.5, 0.6) is 5.75 Å². The first-order chi connectivity index (χ1) is 14.9. The summed E-state index contributed by atoms with van der Waals surface area (Å²) in [6.45, 7) is 2.93. The second-order valence-electron chi connectivity index (χ2n) is 7.37. The van der Waals surface area contributed by atoms with Crippen LogP contribution in [-0.4, -0.2) is 50.2 Å². The lowest BCUT2D eigenvalue weighted by Gasteiger charge is -2.33. The molecule has 0 amide bonds. The molecule has 10 heteroatoms. The Morgan fingerprint density at radius 2 is 1.66 bits per heavy atom. The minimum Gasteiger partial charge on any atom is -0.492 e. The third kappa shape index (κ3) is 7.80. The Bertz CT molecular complexity index is 907. The van der Waals surface area contributed by atoms with E-state index >= 15 is 0 Å². The van der Waals surface area contributed by atoms with E-state index in [4.69, 9.17) is 4.74 Å². The van der Waals surface area contributed by atoms with E-state index in [0.29, 0.717) is 19.0 Å². The largest absolute Gasteiger partial charge is 0.492 e. The van der Waals surface area contributed by atoms with E-state index in [1.165, 1.54) is 12.1 Å². The molecule has 1 heterocycles. The van der Waals surface area contributed by atoms with Gasteiger partial charge in [-0.15, -0.1) is 24.0 Å². The van der Waals surface area contributed by atoms with Crippen LogP contribution in [0.3, 0.4) is 0 Å². The highest BCUT2D eigenvalue weighted by Crippen LogP contribution is 2.16. The Morgan fingerprint density at radius 3 is 2.28 bits per heavy atom. The van der Waals surface area contributed by atoms with Gasteiger partial charge in [-0.3, -0.25) is 9.89 Å². The summed E-state index contributed by atoms with van der Waals surface area (Å²) in [5.74, 6) is -2.62. The Balaban J connectivity index is 0.00000363. The van der Waals surface area contributed by atoms with Gasteiger partial charge in [0.1, 0.15) is 12.4 Å². The smallest absolute Gasteiger partial charge is 0.191 e. The molecule has 2 N–H and O–H groups in total. The van der Waals surface area contributed by atoms with Crippen LogP contribution in [0.15, 0.2) is 41.4 Å². The van der Waals surface area contributed by atoms with Crippen LogP contribution in [0.25, 0.3) is 0 Å². The Kier molecular flexibility index (Phi) is 10.5. The third-order valence-corrected chi connectivity index (χ3v) is 5.10. The van der Waals surface area contributed by atoms with E-state index in [0.717, 1.165) is 49.7 Å². The molecule has 0 aliphatic carbocycles. The van der Waals surface area contributed by atoms with Crippen molar-refractivity contribution in [1.82, 2.24) is 15.5 Å². The second-order valence-corrected chi connectivity index (χ2v) is 7.37. The highest BCUT2D eigenvalue weighted by atomic mass is 127. The lowest BCUT2D eigenvalue weighted by molar-refractivity contribution is 0.198. The molecule has 3 rings (SSSR count). The molecule has 176 valence electrons. The highest BCUT2D eigenvalue weighted by molar-refractivity contribution is 14.0. The maximum absolute atomic E-state index is 13.4. The first-order valence-corrected chi connectivity index (χ1v) is 10.2. The first-order valence-electron chi connectivity index (χ1n) is 10.2. The number of hydrogen-bond donors (Lipinski definition) is 2. The normalized spacial score (nSPS) is 15.2. The molecule has 1 fully saturated rings. The van der Waals surface area contributed by atoms with Gasteiger partial charge in [-0.25, -0.2) is 17.6 Å². The summed E-state index contributed by atoms with van der Waals surface area (Å²) in [6, 6.07) is 7.66. The van der Waals surface area contributed by atoms with Gasteiger partial charge in [0.05, 0.1) is 6.54 Å². The summed E-state index contributed by atoms with van der Waals surface area (Å²) in [5.41, 5.74) is 0.754. The van der Waals surface area contributed by atoms with Crippen LogP contribution < -0.4 is 15.4 Å². The van der Waals surface area contributed by atoms with Gasteiger partial charge < -0.3 is 15.4 Å². The lowest BCUT2D eigenvalue weighted by Crippen LogP contribution is -2.49. The van der Waals surface area contributed by atoms with Crippen LogP contribution in [0, 0.1) is 23.3 Å². The SMILES string of the molecule is CN=C(NCCOc1ccc(F)c(F)c1)NC1CCN(Cc2ccc(F)c(F)c2)CC1.I. The van der Waals surface area contributed by atoms with E-state index < -0.39 is 23.3 Å². The number of ether oxygens (including phenoxy) is 1. The zero-order valence-corrected chi connectivity index (χ0v) is 20.0. The van der Waals surface area contributed by atoms with Crippen LogP contribution in [-0.2, 0) is 6.54 Å². The van der Waals surface area contributed by atoms with Crippen molar-refractivity contribution < 1.29 is 22.3 Å². The van der Waals surface area contributed by atoms with Crippen LogP contribution in [0.1, 0.15) is 18.4 Å². The number of benzene rings is 2. The summed E-state index contributed by atoms with van der Waals surface area (Å²) in [6.07, 6.45) is 1.77. The molecule has 1 saturated heterocycles. The maximum Gasteiger partial charge on any atom is 0.191 e. The molecule has 5 nitrogen and oxygen atoms in total. The highest BCUT2D eigenvalue weighted by Gasteiger charge is 2.20. The van der Waals surface area contributed by atoms with Crippen molar-refractivity contribution in [3.8, 4) is 5.75 Å². The Hall–Kier alpha value is -2.08. The summed E-state index contributed by atoms with van der Waals surface area (Å²) < 4.78 is 57.9. The molecule has 2 aromatic rings. The molecule has 1 aliphatic heterocycles. The molecule has 0 saturated carbocycles. The van der Waals surface area contributed by atoms with Gasteiger partial charge in [-0.2, -0.15) is 0 Å². The Morgan fingerprint density at radius 1 is 1.00 bits per heavy atom. The number of likely N-dealkylation sites (tertiary alicyclic amines) is 1. The second kappa shape index (κ2) is 12.8. The molecule has 0 radical (unpaired) electrons. The number of rotatable bonds is 7. The number of guanidine groups is 1. The molecular formula is C22H27F4IN4O. The van der Waals surface area contributed by atoms with Gasteiger partial charge in [0, 0.05) is 38.8 Å². The van der Waals surface area contributed by atoms with E-state index in [1.54, 1.807) is 13.1 Å². The van der Waals surface area contributed by atoms with Gasteiger partial charge in [-0.1, -0.05) is 6.07 Å².